The molecule has 1 unspecified atom stereocenters. The van der Waals surface area contributed by atoms with E-state index in [1.807, 2.05) is 30.3 Å². The molecule has 0 bridgehead atoms. The van der Waals surface area contributed by atoms with Crippen LogP contribution in [0.3, 0.4) is 0 Å². The summed E-state index contributed by atoms with van der Waals surface area (Å²) in [7, 11) is 0. The van der Waals surface area contributed by atoms with Crippen molar-refractivity contribution in [1.82, 2.24) is 5.43 Å². The van der Waals surface area contributed by atoms with Crippen LogP contribution in [-0.4, -0.2) is 22.8 Å². The number of thioether (sulfide) groups is 1. The van der Waals surface area contributed by atoms with Crippen molar-refractivity contribution in [3.8, 4) is 0 Å². The molecule has 0 saturated heterocycles. The van der Waals surface area contributed by atoms with Gasteiger partial charge in [0.25, 0.3) is 0 Å². The Morgan fingerprint density at radius 2 is 2.00 bits per heavy atom. The molecular formula is C17H22N2O2S. The molecule has 1 N–H and O–H groups in total. The predicted molar refractivity (Wildman–Crippen MR) is 89.6 cm³/mol. The molecule has 0 radical (unpaired) electrons. The van der Waals surface area contributed by atoms with E-state index in [9.17, 15) is 4.79 Å². The quantitative estimate of drug-likeness (QED) is 0.865. The number of hydrogen-bond donors (Lipinski definition) is 1. The van der Waals surface area contributed by atoms with Crippen molar-refractivity contribution >= 4 is 22.8 Å². The van der Waals surface area contributed by atoms with Crippen molar-refractivity contribution in [2.24, 2.45) is 11.0 Å². The van der Waals surface area contributed by atoms with Gasteiger partial charge in [0, 0.05) is 11.7 Å². The molecule has 2 aliphatic rings. The lowest BCUT2D eigenvalue weighted by molar-refractivity contribution is -0.146. The number of hydrazone groups is 1. The number of carbonyl (C=O) groups is 1. The number of nitrogens with one attached hydrogen (secondary N) is 1. The zero-order chi connectivity index (χ0) is 15.2. The summed E-state index contributed by atoms with van der Waals surface area (Å²) in [6.07, 6.45) is 6.41. The van der Waals surface area contributed by atoms with Gasteiger partial charge in [0.15, 0.2) is 6.04 Å². The van der Waals surface area contributed by atoms with Crippen molar-refractivity contribution < 1.29 is 9.53 Å². The third-order valence-corrected chi connectivity index (χ3v) is 5.41. The Hall–Kier alpha value is -1.49. The molecule has 1 aliphatic carbocycles. The highest BCUT2D eigenvalue weighted by Crippen LogP contribution is 2.30. The molecule has 1 aliphatic heterocycles. The van der Waals surface area contributed by atoms with Gasteiger partial charge in [-0.1, -0.05) is 49.6 Å². The third-order valence-electron chi connectivity index (χ3n) is 4.19. The molecule has 5 heteroatoms. The van der Waals surface area contributed by atoms with Crippen LogP contribution in [0.4, 0.5) is 0 Å². The first-order valence-electron chi connectivity index (χ1n) is 7.99. The Bertz CT molecular complexity index is 527. The standard InChI is InChI=1S/C17H22N2O2S/c20-17(21-11-13-7-3-1-4-8-13)15-12-22-16(19-18-15)14-9-5-2-6-10-14/h1,3-4,7-8,14-15,18H,2,5-6,9-12H2. The molecule has 22 heavy (non-hydrogen) atoms. The maximum absolute atomic E-state index is 12.1. The normalized spacial score (nSPS) is 22.5. The number of esters is 1. The summed E-state index contributed by atoms with van der Waals surface area (Å²) < 4.78 is 5.36. The van der Waals surface area contributed by atoms with Crippen LogP contribution < -0.4 is 5.43 Å². The Morgan fingerprint density at radius 1 is 1.23 bits per heavy atom. The lowest BCUT2D eigenvalue weighted by atomic mass is 9.90. The van der Waals surface area contributed by atoms with Gasteiger partial charge in [-0.25, -0.2) is 4.79 Å². The van der Waals surface area contributed by atoms with Gasteiger partial charge in [-0.05, 0) is 18.4 Å². The second-order valence-corrected chi connectivity index (χ2v) is 6.91. The molecule has 4 nitrogen and oxygen atoms in total. The van der Waals surface area contributed by atoms with E-state index in [-0.39, 0.29) is 12.0 Å². The molecular weight excluding hydrogens is 296 g/mol. The molecule has 1 heterocycles. The van der Waals surface area contributed by atoms with Crippen molar-refractivity contribution in [3.05, 3.63) is 35.9 Å². The zero-order valence-electron chi connectivity index (χ0n) is 12.7. The first kappa shape index (κ1) is 15.4. The Kier molecular flexibility index (Phi) is 5.38. The fraction of sp³-hybridized carbons (Fsp3) is 0.529. The summed E-state index contributed by atoms with van der Waals surface area (Å²) in [6.45, 7) is 0.321. The summed E-state index contributed by atoms with van der Waals surface area (Å²) in [4.78, 5) is 12.1. The zero-order valence-corrected chi connectivity index (χ0v) is 13.5. The van der Waals surface area contributed by atoms with Crippen LogP contribution in [0.15, 0.2) is 35.4 Å². The van der Waals surface area contributed by atoms with Gasteiger partial charge in [-0.2, -0.15) is 5.10 Å². The number of rotatable bonds is 4. The molecule has 1 saturated carbocycles. The third kappa shape index (κ3) is 4.03. The Labute approximate surface area is 135 Å². The van der Waals surface area contributed by atoms with Gasteiger partial charge in [-0.3, -0.25) is 5.43 Å². The van der Waals surface area contributed by atoms with Crippen LogP contribution in [0.2, 0.25) is 0 Å². The summed E-state index contributed by atoms with van der Waals surface area (Å²) >= 11 is 1.71. The fourth-order valence-electron chi connectivity index (χ4n) is 2.89. The summed E-state index contributed by atoms with van der Waals surface area (Å²) in [6, 6.07) is 9.41. The van der Waals surface area contributed by atoms with Crippen molar-refractivity contribution in [2.45, 2.75) is 44.8 Å². The molecule has 0 spiro atoms. The maximum atomic E-state index is 12.1. The average molecular weight is 318 g/mol. The molecule has 1 aromatic rings. The monoisotopic (exact) mass is 318 g/mol. The maximum Gasteiger partial charge on any atom is 0.331 e. The SMILES string of the molecule is O=C(OCc1ccccc1)C1CSC(C2CCCCC2)=NN1. The van der Waals surface area contributed by atoms with Crippen LogP contribution in [0.25, 0.3) is 0 Å². The molecule has 118 valence electrons. The minimum absolute atomic E-state index is 0.220. The van der Waals surface area contributed by atoms with E-state index < -0.39 is 0 Å². The second kappa shape index (κ2) is 7.68. The number of nitrogens with zero attached hydrogens (tertiary/aromatic N) is 1. The summed E-state index contributed by atoms with van der Waals surface area (Å²) in [5.74, 6) is 1.08. The van der Waals surface area contributed by atoms with Crippen molar-refractivity contribution in [3.63, 3.8) is 0 Å². The molecule has 0 aromatic heterocycles. The van der Waals surface area contributed by atoms with E-state index in [0.29, 0.717) is 18.3 Å². The number of carbonyl (C=O) groups excluding carboxylic acids is 1. The number of hydrogen-bond acceptors (Lipinski definition) is 5. The van der Waals surface area contributed by atoms with Crippen LogP contribution in [0.5, 0.6) is 0 Å². The highest BCUT2D eigenvalue weighted by atomic mass is 32.2. The van der Waals surface area contributed by atoms with Gasteiger partial charge >= 0.3 is 5.97 Å². The van der Waals surface area contributed by atoms with Gasteiger partial charge in [0.2, 0.25) is 0 Å². The molecule has 1 fully saturated rings. The van der Waals surface area contributed by atoms with Crippen LogP contribution in [-0.2, 0) is 16.1 Å². The van der Waals surface area contributed by atoms with Crippen molar-refractivity contribution in [2.75, 3.05) is 5.75 Å². The van der Waals surface area contributed by atoms with E-state index in [1.54, 1.807) is 11.8 Å². The number of benzene rings is 1. The topological polar surface area (TPSA) is 50.7 Å². The average Bonchev–Trinajstić information content (AvgIpc) is 2.61. The van der Waals surface area contributed by atoms with E-state index in [1.165, 1.54) is 37.1 Å². The first-order valence-corrected chi connectivity index (χ1v) is 8.98. The second-order valence-electron chi connectivity index (χ2n) is 5.87. The summed E-state index contributed by atoms with van der Waals surface area (Å²) in [5.41, 5.74) is 4.00. The lowest BCUT2D eigenvalue weighted by Crippen LogP contribution is -2.41. The Morgan fingerprint density at radius 3 is 2.68 bits per heavy atom. The van der Waals surface area contributed by atoms with Gasteiger partial charge in [-0.15, -0.1) is 11.8 Å². The smallest absolute Gasteiger partial charge is 0.331 e. The first-order chi connectivity index (χ1) is 10.8. The molecule has 3 rings (SSSR count). The van der Waals surface area contributed by atoms with Gasteiger partial charge < -0.3 is 4.74 Å². The number of ether oxygens (including phenoxy) is 1. The van der Waals surface area contributed by atoms with E-state index in [4.69, 9.17) is 4.74 Å². The van der Waals surface area contributed by atoms with Crippen LogP contribution >= 0.6 is 11.8 Å². The summed E-state index contributed by atoms with van der Waals surface area (Å²) in [5, 5.41) is 5.61. The van der Waals surface area contributed by atoms with Gasteiger partial charge in [0.05, 0.1) is 5.04 Å². The van der Waals surface area contributed by atoms with Crippen molar-refractivity contribution in [1.29, 1.82) is 0 Å². The fourth-order valence-corrected chi connectivity index (χ4v) is 4.03. The minimum atomic E-state index is -0.332. The predicted octanol–water partition coefficient (Wildman–Crippen LogP) is 3.33. The molecule has 1 atom stereocenters. The van der Waals surface area contributed by atoms with E-state index in [0.717, 1.165) is 5.56 Å². The van der Waals surface area contributed by atoms with E-state index >= 15 is 0 Å². The highest BCUT2D eigenvalue weighted by Gasteiger charge is 2.28. The van der Waals surface area contributed by atoms with Crippen LogP contribution in [0, 0.1) is 5.92 Å². The lowest BCUT2D eigenvalue weighted by Gasteiger charge is -2.27. The van der Waals surface area contributed by atoms with Gasteiger partial charge in [0.1, 0.15) is 6.61 Å². The van der Waals surface area contributed by atoms with Crippen LogP contribution in [0.1, 0.15) is 37.7 Å². The minimum Gasteiger partial charge on any atom is -0.459 e. The molecule has 0 amide bonds. The highest BCUT2D eigenvalue weighted by molar-refractivity contribution is 8.14. The molecule has 1 aromatic carbocycles. The largest absolute Gasteiger partial charge is 0.459 e. The Balaban J connectivity index is 1.47. The van der Waals surface area contributed by atoms with E-state index in [2.05, 4.69) is 10.5 Å².